The molecule has 1 saturated carbocycles. The number of methoxy groups -OCH3 is 1. The van der Waals surface area contributed by atoms with Gasteiger partial charge in [0, 0.05) is 68.8 Å². The second-order valence-electron chi connectivity index (χ2n) is 16.6. The molecule has 4 aliphatic heterocycles. The van der Waals surface area contributed by atoms with E-state index in [1.54, 1.807) is 35.2 Å². The van der Waals surface area contributed by atoms with Crippen molar-refractivity contribution in [3.05, 3.63) is 77.2 Å². The summed E-state index contributed by atoms with van der Waals surface area (Å²) in [4.78, 5) is 85.3. The number of piperidine rings is 3. The van der Waals surface area contributed by atoms with E-state index in [-0.39, 0.29) is 65.6 Å². The molecule has 3 saturated heterocycles. The monoisotopic (exact) mass is 842 g/mol. The van der Waals surface area contributed by atoms with E-state index >= 15 is 0 Å². The van der Waals surface area contributed by atoms with E-state index < -0.39 is 58.7 Å². The Morgan fingerprint density at radius 3 is 2.34 bits per heavy atom. The number of imide groups is 2. The number of halogens is 3. The number of benzene rings is 2. The number of ether oxygens (including phenoxy) is 1. The summed E-state index contributed by atoms with van der Waals surface area (Å²) >= 11 is 0. The number of hydrogen-bond donors (Lipinski definition) is 3. The number of pyridine rings is 1. The lowest BCUT2D eigenvalue weighted by Crippen LogP contribution is -2.58. The number of fused-ring (bicyclic) bond motifs is 2. The van der Waals surface area contributed by atoms with Crippen molar-refractivity contribution >= 4 is 57.7 Å². The predicted molar refractivity (Wildman–Crippen MR) is 210 cm³/mol. The fraction of sp³-hybridized carbons (Fsp3) is 0.429. The Hall–Kier alpha value is -6.37. The number of alkyl halides is 3. The number of likely N-dealkylation sites (tertiary alicyclic amines) is 1. The summed E-state index contributed by atoms with van der Waals surface area (Å²) in [5, 5.41) is 21.9. The molecule has 1 spiro atoms. The maximum Gasteiger partial charge on any atom is 0.433 e. The van der Waals surface area contributed by atoms with E-state index in [0.29, 0.717) is 42.8 Å². The van der Waals surface area contributed by atoms with Crippen molar-refractivity contribution in [2.24, 2.45) is 5.41 Å². The zero-order valence-electron chi connectivity index (χ0n) is 33.0. The van der Waals surface area contributed by atoms with E-state index in [4.69, 9.17) is 9.84 Å². The van der Waals surface area contributed by atoms with Crippen LogP contribution in [0.2, 0.25) is 0 Å². The summed E-state index contributed by atoms with van der Waals surface area (Å²) in [6.07, 6.45) is 0.809. The molecule has 19 heteroatoms. The highest BCUT2D eigenvalue weighted by Crippen LogP contribution is 2.55. The molecule has 4 fully saturated rings. The van der Waals surface area contributed by atoms with Gasteiger partial charge in [0.2, 0.25) is 11.8 Å². The third-order valence-corrected chi connectivity index (χ3v) is 13.0. The first kappa shape index (κ1) is 40.1. The molecule has 6 heterocycles. The van der Waals surface area contributed by atoms with Crippen LogP contribution in [-0.4, -0.2) is 110 Å². The van der Waals surface area contributed by atoms with E-state index in [1.165, 1.54) is 13.2 Å². The van der Waals surface area contributed by atoms with Gasteiger partial charge in [0.25, 0.3) is 23.6 Å². The van der Waals surface area contributed by atoms with Crippen LogP contribution in [0.3, 0.4) is 0 Å². The number of aliphatic hydroxyl groups is 1. The van der Waals surface area contributed by atoms with Crippen molar-refractivity contribution in [1.82, 2.24) is 29.9 Å². The molecule has 0 bridgehead atoms. The molecule has 0 radical (unpaired) electrons. The molecule has 4 aromatic rings. The highest BCUT2D eigenvalue weighted by Gasteiger charge is 2.50. The average molecular weight is 843 g/mol. The Morgan fingerprint density at radius 2 is 1.66 bits per heavy atom. The average Bonchev–Trinajstić information content (AvgIpc) is 3.75. The lowest BCUT2D eigenvalue weighted by molar-refractivity contribution is -0.157. The molecule has 61 heavy (non-hydrogen) atoms. The molecule has 5 aliphatic rings. The van der Waals surface area contributed by atoms with Gasteiger partial charge in [-0.2, -0.15) is 18.3 Å². The van der Waals surface area contributed by atoms with Gasteiger partial charge in [-0.15, -0.1) is 0 Å². The van der Waals surface area contributed by atoms with Crippen molar-refractivity contribution in [2.75, 3.05) is 43.5 Å². The van der Waals surface area contributed by atoms with E-state index in [2.05, 4.69) is 15.6 Å². The first-order valence-electron chi connectivity index (χ1n) is 20.1. The fourth-order valence-corrected chi connectivity index (χ4v) is 9.45. The molecule has 2 aromatic heterocycles. The SMILES string of the molecule is COc1cc2nn(C3CC4(CCN(C(=O)C5(O)CCN(c6ccc7c(c6)C(=O)N(C6CCC(=O)NC6=O)C7=O)CC5)CC4)C3)cc2cc1NC(=O)c1cccc(C(F)(F)F)n1. The molecule has 2 aromatic carbocycles. The van der Waals surface area contributed by atoms with E-state index in [1.807, 2.05) is 15.8 Å². The van der Waals surface area contributed by atoms with Crippen LogP contribution in [-0.2, 0) is 20.6 Å². The Kier molecular flexibility index (Phi) is 9.63. The Balaban J connectivity index is 0.785. The largest absolute Gasteiger partial charge is 0.494 e. The molecular formula is C42H41F3N8O8. The highest BCUT2D eigenvalue weighted by molar-refractivity contribution is 6.23. The zero-order chi connectivity index (χ0) is 43.0. The predicted octanol–water partition coefficient (Wildman–Crippen LogP) is 4.09. The fourth-order valence-electron chi connectivity index (χ4n) is 9.45. The number of carbonyl (C=O) groups excluding carboxylic acids is 6. The number of hydrogen-bond acceptors (Lipinski definition) is 11. The zero-order valence-corrected chi connectivity index (χ0v) is 33.0. The normalized spacial score (nSPS) is 21.4. The first-order chi connectivity index (χ1) is 29.0. The minimum Gasteiger partial charge on any atom is -0.494 e. The molecule has 318 valence electrons. The van der Waals surface area contributed by atoms with Crippen LogP contribution in [0.25, 0.3) is 10.9 Å². The van der Waals surface area contributed by atoms with Gasteiger partial charge in [0.05, 0.1) is 35.5 Å². The van der Waals surface area contributed by atoms with Crippen LogP contribution < -0.4 is 20.3 Å². The summed E-state index contributed by atoms with van der Waals surface area (Å²) in [6.45, 7) is 1.68. The van der Waals surface area contributed by atoms with Gasteiger partial charge in [-0.25, -0.2) is 4.98 Å². The lowest BCUT2D eigenvalue weighted by Gasteiger charge is -2.53. The van der Waals surface area contributed by atoms with Gasteiger partial charge in [-0.1, -0.05) is 6.07 Å². The van der Waals surface area contributed by atoms with Gasteiger partial charge in [0.1, 0.15) is 28.8 Å². The Bertz CT molecular complexity index is 2520. The van der Waals surface area contributed by atoms with Crippen LogP contribution in [0.5, 0.6) is 5.75 Å². The Morgan fingerprint density at radius 1 is 0.934 bits per heavy atom. The second-order valence-corrected chi connectivity index (χ2v) is 16.6. The van der Waals surface area contributed by atoms with E-state index in [0.717, 1.165) is 42.7 Å². The summed E-state index contributed by atoms with van der Waals surface area (Å²) in [7, 11) is 1.41. The minimum absolute atomic E-state index is 0.0144. The van der Waals surface area contributed by atoms with E-state index in [9.17, 15) is 47.0 Å². The number of nitrogens with one attached hydrogen (secondary N) is 2. The van der Waals surface area contributed by atoms with Gasteiger partial charge < -0.3 is 25.0 Å². The van der Waals surface area contributed by atoms with Crippen molar-refractivity contribution in [3.63, 3.8) is 0 Å². The van der Waals surface area contributed by atoms with Crippen molar-refractivity contribution in [1.29, 1.82) is 0 Å². The highest BCUT2D eigenvalue weighted by atomic mass is 19.4. The summed E-state index contributed by atoms with van der Waals surface area (Å²) < 4.78 is 46.9. The number of carbonyl (C=O) groups is 6. The van der Waals surface area contributed by atoms with Crippen LogP contribution in [0.4, 0.5) is 24.5 Å². The van der Waals surface area contributed by atoms with Gasteiger partial charge in [-0.05, 0) is 73.9 Å². The van der Waals surface area contributed by atoms with Gasteiger partial charge >= 0.3 is 6.18 Å². The molecule has 1 unspecified atom stereocenters. The number of amides is 6. The second kappa shape index (κ2) is 14.7. The summed E-state index contributed by atoms with van der Waals surface area (Å²) in [5.41, 5.74) is -1.23. The van der Waals surface area contributed by atoms with Crippen molar-refractivity contribution < 1.29 is 51.8 Å². The summed E-state index contributed by atoms with van der Waals surface area (Å²) in [5.74, 6) is -3.16. The number of anilines is 2. The maximum atomic E-state index is 13.8. The van der Waals surface area contributed by atoms with Crippen molar-refractivity contribution in [3.8, 4) is 5.75 Å². The number of aromatic nitrogens is 3. The molecular weight excluding hydrogens is 802 g/mol. The molecule has 3 N–H and O–H groups in total. The van der Waals surface area contributed by atoms with Crippen LogP contribution in [0.15, 0.2) is 54.7 Å². The topological polar surface area (TPSA) is 196 Å². The third-order valence-electron chi connectivity index (χ3n) is 13.0. The quantitative estimate of drug-likeness (QED) is 0.227. The van der Waals surface area contributed by atoms with Gasteiger partial charge in [0.15, 0.2) is 0 Å². The summed E-state index contributed by atoms with van der Waals surface area (Å²) in [6, 6.07) is 10.3. The maximum absolute atomic E-state index is 13.8. The molecule has 16 nitrogen and oxygen atoms in total. The number of nitrogens with zero attached hydrogens (tertiary/aromatic N) is 6. The minimum atomic E-state index is -4.70. The number of rotatable bonds is 7. The first-order valence-corrected chi connectivity index (χ1v) is 20.1. The van der Waals surface area contributed by atoms with Crippen LogP contribution >= 0.6 is 0 Å². The molecule has 6 amide bonds. The van der Waals surface area contributed by atoms with Crippen LogP contribution in [0, 0.1) is 5.41 Å². The lowest BCUT2D eigenvalue weighted by atomic mass is 9.60. The smallest absolute Gasteiger partial charge is 0.433 e. The molecule has 1 aliphatic carbocycles. The Labute approximate surface area is 346 Å². The molecule has 9 rings (SSSR count). The molecule has 1 atom stereocenters. The standard InChI is InChI=1S/C42H41F3N8O8/c1-61-32-19-29-23(17-30(32)47-35(55)28-3-2-4-33(46-28)42(43,44)45)22-52(49-29)25-20-40(21-25)9-13-51(14-10-40)39(59)41(60)11-15-50(16-12-41)24-5-6-26-27(18-24)38(58)53(37(26)57)31-7-8-34(54)48-36(31)56/h2-6,17-19,22,25,31,60H,7-16,20-21H2,1H3,(H,47,55)(H,48,54,56). The van der Waals surface area contributed by atoms with Gasteiger partial charge in [-0.3, -0.25) is 43.7 Å². The van der Waals surface area contributed by atoms with Crippen molar-refractivity contribution in [2.45, 2.75) is 75.2 Å². The third kappa shape index (κ3) is 7.13. The van der Waals surface area contributed by atoms with Crippen LogP contribution in [0.1, 0.15) is 94.3 Å².